The fourth-order valence-electron chi connectivity index (χ4n) is 3.72. The Bertz CT molecular complexity index is 987. The highest BCUT2D eigenvalue weighted by Crippen LogP contribution is 2.33. The number of aromatic amines is 1. The van der Waals surface area contributed by atoms with Gasteiger partial charge in [0.05, 0.1) is 24.1 Å². The number of anilines is 2. The zero-order valence-electron chi connectivity index (χ0n) is 15.1. The molecule has 3 aromatic heterocycles. The molecular formula is C19H19FN6OS. The van der Waals surface area contributed by atoms with Crippen LogP contribution in [0.1, 0.15) is 28.2 Å². The van der Waals surface area contributed by atoms with Gasteiger partial charge in [-0.15, -0.1) is 11.3 Å². The van der Waals surface area contributed by atoms with Crippen LogP contribution in [0.25, 0.3) is 10.6 Å². The molecule has 28 heavy (non-hydrogen) atoms. The first-order valence-corrected chi connectivity index (χ1v) is 10.2. The number of H-pyrrole nitrogens is 1. The van der Waals surface area contributed by atoms with Gasteiger partial charge < -0.3 is 9.80 Å². The zero-order valence-corrected chi connectivity index (χ0v) is 16.0. The molecule has 2 aliphatic heterocycles. The molecule has 2 aliphatic rings. The predicted octanol–water partition coefficient (Wildman–Crippen LogP) is 3.07. The minimum absolute atomic E-state index is 0.0433. The maximum atomic E-state index is 13.6. The smallest absolute Gasteiger partial charge is 0.270 e. The fourth-order valence-corrected chi connectivity index (χ4v) is 4.78. The highest BCUT2D eigenvalue weighted by atomic mass is 32.1. The Kier molecular flexibility index (Phi) is 4.31. The molecule has 5 heterocycles. The lowest BCUT2D eigenvalue weighted by Crippen LogP contribution is -2.36. The van der Waals surface area contributed by atoms with Crippen LogP contribution in [0.15, 0.2) is 30.7 Å². The lowest BCUT2D eigenvalue weighted by atomic mass is 10.1. The predicted molar refractivity (Wildman–Crippen MR) is 106 cm³/mol. The summed E-state index contributed by atoms with van der Waals surface area (Å²) < 4.78 is 13.6. The molecule has 0 saturated carbocycles. The Morgan fingerprint density at radius 2 is 2.18 bits per heavy atom. The SMILES string of the molecule is O=C1c2sc(-c3ccc(N4CCC[C@@H](F)C4)nc3)nc2CCN1c1cn[nH]c1. The maximum Gasteiger partial charge on any atom is 0.270 e. The molecule has 9 heteroatoms. The van der Waals surface area contributed by atoms with Gasteiger partial charge >= 0.3 is 0 Å². The van der Waals surface area contributed by atoms with E-state index in [9.17, 15) is 9.18 Å². The van der Waals surface area contributed by atoms with E-state index in [0.29, 0.717) is 30.8 Å². The lowest BCUT2D eigenvalue weighted by Gasteiger charge is -2.29. The van der Waals surface area contributed by atoms with Crippen LogP contribution in [0, 0.1) is 0 Å². The number of nitrogens with zero attached hydrogens (tertiary/aromatic N) is 5. The second-order valence-electron chi connectivity index (χ2n) is 7.05. The molecule has 0 aliphatic carbocycles. The van der Waals surface area contributed by atoms with E-state index < -0.39 is 6.17 Å². The van der Waals surface area contributed by atoms with E-state index in [1.54, 1.807) is 23.5 Å². The van der Waals surface area contributed by atoms with E-state index in [1.165, 1.54) is 11.3 Å². The van der Waals surface area contributed by atoms with Gasteiger partial charge in [-0.1, -0.05) is 0 Å². The van der Waals surface area contributed by atoms with Gasteiger partial charge in [-0.3, -0.25) is 9.89 Å². The average molecular weight is 398 g/mol. The van der Waals surface area contributed by atoms with Gasteiger partial charge in [-0.25, -0.2) is 14.4 Å². The summed E-state index contributed by atoms with van der Waals surface area (Å²) in [4.78, 5) is 26.4. The molecule has 1 atom stereocenters. The Hall–Kier alpha value is -2.81. The molecule has 1 amide bonds. The van der Waals surface area contributed by atoms with Crippen molar-refractivity contribution in [1.29, 1.82) is 0 Å². The number of amides is 1. The number of rotatable bonds is 3. The highest BCUT2D eigenvalue weighted by Gasteiger charge is 2.30. The summed E-state index contributed by atoms with van der Waals surface area (Å²) in [5.41, 5.74) is 2.48. The van der Waals surface area contributed by atoms with Crippen molar-refractivity contribution >= 4 is 28.7 Å². The molecule has 1 saturated heterocycles. The number of alkyl halides is 1. The standard InChI is InChI=1S/C19H19FN6OS/c20-13-2-1-6-25(11-13)16-4-3-12(8-21-16)18-24-15-5-7-26(14-9-22-23-10-14)19(27)17(15)28-18/h3-4,8-10,13H,1-2,5-7,11H2,(H,22,23)/t13-/m1/s1. The van der Waals surface area contributed by atoms with Gasteiger partial charge in [0, 0.05) is 37.5 Å². The van der Waals surface area contributed by atoms with Crippen LogP contribution >= 0.6 is 11.3 Å². The normalized spacial score (nSPS) is 19.8. The first-order valence-electron chi connectivity index (χ1n) is 9.35. The van der Waals surface area contributed by atoms with Crippen molar-refractivity contribution in [1.82, 2.24) is 20.2 Å². The Morgan fingerprint density at radius 3 is 2.93 bits per heavy atom. The number of hydrogen-bond acceptors (Lipinski definition) is 6. The van der Waals surface area contributed by atoms with Crippen LogP contribution < -0.4 is 9.80 Å². The third-order valence-corrected chi connectivity index (χ3v) is 6.32. The van der Waals surface area contributed by atoms with Gasteiger partial charge in [-0.05, 0) is 25.0 Å². The first-order chi connectivity index (χ1) is 13.7. The second kappa shape index (κ2) is 6.97. The summed E-state index contributed by atoms with van der Waals surface area (Å²) in [7, 11) is 0. The molecule has 0 spiro atoms. The van der Waals surface area contributed by atoms with Crippen molar-refractivity contribution in [2.45, 2.75) is 25.4 Å². The highest BCUT2D eigenvalue weighted by molar-refractivity contribution is 7.17. The van der Waals surface area contributed by atoms with E-state index in [-0.39, 0.29) is 5.91 Å². The molecule has 5 rings (SSSR count). The Balaban J connectivity index is 1.38. The quantitative estimate of drug-likeness (QED) is 0.734. The first kappa shape index (κ1) is 17.3. The topological polar surface area (TPSA) is 78.0 Å². The molecular weight excluding hydrogens is 379 g/mol. The summed E-state index contributed by atoms with van der Waals surface area (Å²) in [6, 6.07) is 3.86. The molecule has 1 N–H and O–H groups in total. The molecule has 3 aromatic rings. The van der Waals surface area contributed by atoms with E-state index in [0.717, 1.165) is 40.7 Å². The van der Waals surface area contributed by atoms with E-state index >= 15 is 0 Å². The Morgan fingerprint density at radius 1 is 1.25 bits per heavy atom. The molecule has 144 valence electrons. The zero-order chi connectivity index (χ0) is 19.1. The maximum absolute atomic E-state index is 13.6. The van der Waals surface area contributed by atoms with Crippen LogP contribution in [-0.2, 0) is 6.42 Å². The van der Waals surface area contributed by atoms with Crippen molar-refractivity contribution in [2.24, 2.45) is 0 Å². The number of carbonyl (C=O) groups excluding carboxylic acids is 1. The average Bonchev–Trinajstić information content (AvgIpc) is 3.39. The van der Waals surface area contributed by atoms with Crippen LogP contribution in [-0.4, -0.2) is 51.9 Å². The molecule has 7 nitrogen and oxygen atoms in total. The summed E-state index contributed by atoms with van der Waals surface area (Å²) in [5, 5.41) is 7.46. The van der Waals surface area contributed by atoms with Crippen LogP contribution in [0.5, 0.6) is 0 Å². The van der Waals surface area contributed by atoms with Crippen molar-refractivity contribution in [2.75, 3.05) is 29.4 Å². The van der Waals surface area contributed by atoms with Crippen molar-refractivity contribution in [3.63, 3.8) is 0 Å². The number of fused-ring (bicyclic) bond motifs is 1. The van der Waals surface area contributed by atoms with Gasteiger partial charge in [0.15, 0.2) is 0 Å². The van der Waals surface area contributed by atoms with Crippen molar-refractivity contribution in [3.05, 3.63) is 41.3 Å². The van der Waals surface area contributed by atoms with E-state index in [2.05, 4.69) is 20.2 Å². The van der Waals surface area contributed by atoms with Gasteiger partial charge in [0.2, 0.25) is 0 Å². The van der Waals surface area contributed by atoms with Gasteiger partial charge in [0.1, 0.15) is 21.9 Å². The number of thiazole rings is 1. The Labute approximate surface area is 165 Å². The van der Waals surface area contributed by atoms with Crippen molar-refractivity contribution in [3.8, 4) is 10.6 Å². The number of piperidine rings is 1. The fraction of sp³-hybridized carbons (Fsp3) is 0.368. The molecule has 0 bridgehead atoms. The third-order valence-electron chi connectivity index (χ3n) is 5.19. The minimum Gasteiger partial charge on any atom is -0.354 e. The number of pyridine rings is 1. The third kappa shape index (κ3) is 3.05. The van der Waals surface area contributed by atoms with Crippen LogP contribution in [0.2, 0.25) is 0 Å². The molecule has 0 radical (unpaired) electrons. The second-order valence-corrected chi connectivity index (χ2v) is 8.05. The molecule has 0 aromatic carbocycles. The summed E-state index contributed by atoms with van der Waals surface area (Å²) in [5.74, 6) is 0.743. The van der Waals surface area contributed by atoms with Gasteiger partial charge in [0.25, 0.3) is 5.91 Å². The summed E-state index contributed by atoms with van der Waals surface area (Å²) in [6.07, 6.45) is 6.53. The summed E-state index contributed by atoms with van der Waals surface area (Å²) >= 11 is 1.39. The molecule has 0 unspecified atom stereocenters. The van der Waals surface area contributed by atoms with Crippen LogP contribution in [0.3, 0.4) is 0 Å². The van der Waals surface area contributed by atoms with Gasteiger partial charge in [-0.2, -0.15) is 5.10 Å². The largest absolute Gasteiger partial charge is 0.354 e. The number of aromatic nitrogens is 4. The van der Waals surface area contributed by atoms with E-state index in [1.807, 2.05) is 17.0 Å². The minimum atomic E-state index is -0.787. The molecule has 1 fully saturated rings. The number of halogens is 1. The lowest BCUT2D eigenvalue weighted by molar-refractivity contribution is 0.0984. The number of nitrogens with one attached hydrogen (secondary N) is 1. The number of carbonyl (C=O) groups is 1. The van der Waals surface area contributed by atoms with Crippen molar-refractivity contribution < 1.29 is 9.18 Å². The number of hydrogen-bond donors (Lipinski definition) is 1. The van der Waals surface area contributed by atoms with E-state index in [4.69, 9.17) is 0 Å². The monoisotopic (exact) mass is 398 g/mol. The van der Waals surface area contributed by atoms with Crippen LogP contribution in [0.4, 0.5) is 15.9 Å². The summed E-state index contributed by atoms with van der Waals surface area (Å²) in [6.45, 7) is 1.82.